The first-order valence-corrected chi connectivity index (χ1v) is 4.00. The highest BCUT2D eigenvalue weighted by atomic mass is 16.5. The van der Waals surface area contributed by atoms with Crippen LogP contribution in [0.4, 0.5) is 5.69 Å². The standard InChI is InChI=1S/C10H13NO2/c1-6-4-8(5-12)10(13-3)7(2)9(6)11/h4-5H,11H2,1-3H3. The van der Waals surface area contributed by atoms with Crippen LogP contribution in [-0.4, -0.2) is 13.4 Å². The Morgan fingerprint density at radius 2 is 2.08 bits per heavy atom. The maximum Gasteiger partial charge on any atom is 0.153 e. The minimum Gasteiger partial charge on any atom is -0.496 e. The number of rotatable bonds is 2. The van der Waals surface area contributed by atoms with Crippen LogP contribution >= 0.6 is 0 Å². The highest BCUT2D eigenvalue weighted by Crippen LogP contribution is 2.29. The number of ether oxygens (including phenoxy) is 1. The van der Waals surface area contributed by atoms with Gasteiger partial charge in [-0.3, -0.25) is 4.79 Å². The van der Waals surface area contributed by atoms with Crippen LogP contribution in [-0.2, 0) is 0 Å². The van der Waals surface area contributed by atoms with Gasteiger partial charge < -0.3 is 10.5 Å². The highest BCUT2D eigenvalue weighted by Gasteiger charge is 2.10. The van der Waals surface area contributed by atoms with Crippen LogP contribution in [0.2, 0.25) is 0 Å². The maximum absolute atomic E-state index is 10.7. The molecule has 0 saturated carbocycles. The molecule has 1 aromatic rings. The molecule has 13 heavy (non-hydrogen) atoms. The van der Waals surface area contributed by atoms with Crippen LogP contribution in [0, 0.1) is 13.8 Å². The summed E-state index contributed by atoms with van der Waals surface area (Å²) in [6.45, 7) is 3.71. The van der Waals surface area contributed by atoms with Crippen molar-refractivity contribution in [3.05, 3.63) is 22.8 Å². The summed E-state index contributed by atoms with van der Waals surface area (Å²) in [6, 6.07) is 1.73. The lowest BCUT2D eigenvalue weighted by Gasteiger charge is -2.11. The van der Waals surface area contributed by atoms with E-state index in [0.717, 1.165) is 17.4 Å². The molecule has 0 atom stereocenters. The van der Waals surface area contributed by atoms with Gasteiger partial charge in [0.15, 0.2) is 6.29 Å². The Morgan fingerprint density at radius 1 is 1.46 bits per heavy atom. The van der Waals surface area contributed by atoms with Crippen molar-refractivity contribution in [2.24, 2.45) is 0 Å². The average molecular weight is 179 g/mol. The molecule has 0 saturated heterocycles. The lowest BCUT2D eigenvalue weighted by atomic mass is 10.0. The molecule has 2 N–H and O–H groups in total. The van der Waals surface area contributed by atoms with E-state index in [-0.39, 0.29) is 0 Å². The summed E-state index contributed by atoms with van der Waals surface area (Å²) in [5, 5.41) is 0. The molecule has 70 valence electrons. The van der Waals surface area contributed by atoms with Gasteiger partial charge in [-0.2, -0.15) is 0 Å². The molecule has 0 spiro atoms. The number of aryl methyl sites for hydroxylation is 1. The molecule has 0 aliphatic rings. The molecule has 1 rings (SSSR count). The Balaban J connectivity index is 3.47. The summed E-state index contributed by atoms with van der Waals surface area (Å²) in [5.41, 5.74) is 8.74. The lowest BCUT2D eigenvalue weighted by Crippen LogP contribution is -2.00. The zero-order valence-corrected chi connectivity index (χ0v) is 8.05. The summed E-state index contributed by atoms with van der Waals surface area (Å²) in [4.78, 5) is 10.7. The molecule has 0 heterocycles. The van der Waals surface area contributed by atoms with Crippen molar-refractivity contribution in [2.45, 2.75) is 13.8 Å². The highest BCUT2D eigenvalue weighted by molar-refractivity contribution is 5.83. The average Bonchev–Trinajstić information content (AvgIpc) is 2.13. The summed E-state index contributed by atoms with van der Waals surface area (Å²) in [7, 11) is 1.53. The Kier molecular flexibility index (Phi) is 2.56. The molecule has 3 nitrogen and oxygen atoms in total. The van der Waals surface area contributed by atoms with Crippen LogP contribution in [0.1, 0.15) is 21.5 Å². The Bertz CT molecular complexity index is 345. The predicted octanol–water partition coefficient (Wildman–Crippen LogP) is 1.71. The van der Waals surface area contributed by atoms with Gasteiger partial charge in [-0.25, -0.2) is 0 Å². The van der Waals surface area contributed by atoms with Crippen LogP contribution in [0.25, 0.3) is 0 Å². The largest absolute Gasteiger partial charge is 0.496 e. The van der Waals surface area contributed by atoms with Gasteiger partial charge in [0.1, 0.15) is 5.75 Å². The van der Waals surface area contributed by atoms with Crippen LogP contribution in [0.3, 0.4) is 0 Å². The fourth-order valence-electron chi connectivity index (χ4n) is 1.37. The van der Waals surface area contributed by atoms with E-state index in [2.05, 4.69) is 0 Å². The number of anilines is 1. The normalized spacial score (nSPS) is 9.77. The van der Waals surface area contributed by atoms with Crippen LogP contribution < -0.4 is 10.5 Å². The van der Waals surface area contributed by atoms with E-state index >= 15 is 0 Å². The predicted molar refractivity (Wildman–Crippen MR) is 52.3 cm³/mol. The molecular weight excluding hydrogens is 166 g/mol. The van der Waals surface area contributed by atoms with Gasteiger partial charge in [0.2, 0.25) is 0 Å². The summed E-state index contributed by atoms with van der Waals surface area (Å²) < 4.78 is 5.09. The van der Waals surface area contributed by atoms with Gasteiger partial charge in [-0.1, -0.05) is 0 Å². The van der Waals surface area contributed by atoms with Gasteiger partial charge in [0, 0.05) is 11.3 Å². The first-order valence-electron chi connectivity index (χ1n) is 4.00. The second kappa shape index (κ2) is 3.47. The number of benzene rings is 1. The molecule has 1 aromatic carbocycles. The smallest absolute Gasteiger partial charge is 0.153 e. The van der Waals surface area contributed by atoms with Crippen molar-refractivity contribution in [2.75, 3.05) is 12.8 Å². The van der Waals surface area contributed by atoms with Gasteiger partial charge in [0.05, 0.1) is 12.7 Å². The SMILES string of the molecule is COc1c(C=O)cc(C)c(N)c1C. The molecule has 0 radical (unpaired) electrons. The molecule has 0 bridgehead atoms. The second-order valence-electron chi connectivity index (χ2n) is 2.97. The number of hydrogen-bond donors (Lipinski definition) is 1. The molecule has 0 aliphatic heterocycles. The number of methoxy groups -OCH3 is 1. The maximum atomic E-state index is 10.7. The number of nitrogen functional groups attached to an aromatic ring is 1. The molecular formula is C10H13NO2. The third kappa shape index (κ3) is 1.49. The van der Waals surface area contributed by atoms with E-state index in [1.165, 1.54) is 7.11 Å². The number of carbonyl (C=O) groups is 1. The van der Waals surface area contributed by atoms with Gasteiger partial charge in [-0.05, 0) is 25.5 Å². The van der Waals surface area contributed by atoms with Crippen LogP contribution in [0.5, 0.6) is 5.75 Å². The van der Waals surface area contributed by atoms with Crippen molar-refractivity contribution in [3.8, 4) is 5.75 Å². The van der Waals surface area contributed by atoms with Crippen molar-refractivity contribution in [3.63, 3.8) is 0 Å². The monoisotopic (exact) mass is 179 g/mol. The minimum atomic E-state index is 0.548. The minimum absolute atomic E-state index is 0.548. The number of aldehydes is 1. The molecule has 0 aromatic heterocycles. The van der Waals surface area contributed by atoms with E-state index in [4.69, 9.17) is 10.5 Å². The first-order chi connectivity index (χ1) is 6.11. The van der Waals surface area contributed by atoms with E-state index in [9.17, 15) is 4.79 Å². The Labute approximate surface area is 77.5 Å². The third-order valence-corrected chi connectivity index (χ3v) is 2.13. The third-order valence-electron chi connectivity index (χ3n) is 2.13. The zero-order valence-electron chi connectivity index (χ0n) is 8.05. The molecule has 0 unspecified atom stereocenters. The zero-order chi connectivity index (χ0) is 10.0. The van der Waals surface area contributed by atoms with E-state index in [0.29, 0.717) is 17.0 Å². The van der Waals surface area contributed by atoms with Gasteiger partial charge >= 0.3 is 0 Å². The topological polar surface area (TPSA) is 52.3 Å². The molecule has 3 heteroatoms. The Morgan fingerprint density at radius 3 is 2.54 bits per heavy atom. The molecule has 0 amide bonds. The van der Waals surface area contributed by atoms with Gasteiger partial charge in [0.25, 0.3) is 0 Å². The fourth-order valence-corrected chi connectivity index (χ4v) is 1.37. The summed E-state index contributed by atoms with van der Waals surface area (Å²) in [6.07, 6.45) is 0.776. The van der Waals surface area contributed by atoms with E-state index in [1.54, 1.807) is 6.07 Å². The molecule has 0 fully saturated rings. The number of hydrogen-bond acceptors (Lipinski definition) is 3. The lowest BCUT2D eigenvalue weighted by molar-refractivity contribution is 0.112. The molecule has 0 aliphatic carbocycles. The van der Waals surface area contributed by atoms with Crippen molar-refractivity contribution in [1.82, 2.24) is 0 Å². The van der Waals surface area contributed by atoms with Crippen molar-refractivity contribution < 1.29 is 9.53 Å². The summed E-state index contributed by atoms with van der Waals surface area (Å²) >= 11 is 0. The van der Waals surface area contributed by atoms with Crippen molar-refractivity contribution >= 4 is 12.0 Å². The first kappa shape index (κ1) is 9.58. The fraction of sp³-hybridized carbons (Fsp3) is 0.300. The van der Waals surface area contributed by atoms with E-state index < -0.39 is 0 Å². The van der Waals surface area contributed by atoms with Crippen molar-refractivity contribution in [1.29, 1.82) is 0 Å². The van der Waals surface area contributed by atoms with Gasteiger partial charge in [-0.15, -0.1) is 0 Å². The summed E-state index contributed by atoms with van der Waals surface area (Å²) in [5.74, 6) is 0.568. The van der Waals surface area contributed by atoms with E-state index in [1.807, 2.05) is 13.8 Å². The van der Waals surface area contributed by atoms with Crippen LogP contribution in [0.15, 0.2) is 6.07 Å². The number of carbonyl (C=O) groups excluding carboxylic acids is 1. The Hall–Kier alpha value is -1.51. The quantitative estimate of drug-likeness (QED) is 0.555. The number of nitrogens with two attached hydrogens (primary N) is 1. The second-order valence-corrected chi connectivity index (χ2v) is 2.97.